The first kappa shape index (κ1) is 18.5. The van der Waals surface area contributed by atoms with Gasteiger partial charge < -0.3 is 4.90 Å². The van der Waals surface area contributed by atoms with Crippen LogP contribution in [0.3, 0.4) is 0 Å². The van der Waals surface area contributed by atoms with E-state index in [0.29, 0.717) is 24.0 Å². The van der Waals surface area contributed by atoms with Crippen LogP contribution >= 0.6 is 39.1 Å². The Hall–Kier alpha value is -0.340. The van der Waals surface area contributed by atoms with Crippen LogP contribution in [0.15, 0.2) is 33.6 Å². The lowest BCUT2D eigenvalue weighted by molar-refractivity contribution is -0.137. The summed E-state index contributed by atoms with van der Waals surface area (Å²) >= 11 is 15.4. The van der Waals surface area contributed by atoms with Crippen molar-refractivity contribution in [3.05, 3.63) is 28.7 Å². The van der Waals surface area contributed by atoms with Crippen molar-refractivity contribution in [3.63, 3.8) is 0 Å². The Morgan fingerprint density at radius 2 is 1.79 bits per heavy atom. The maximum absolute atomic E-state index is 12.7. The molecule has 1 aromatic carbocycles. The van der Waals surface area contributed by atoms with Crippen molar-refractivity contribution in [2.75, 3.05) is 26.2 Å². The van der Waals surface area contributed by atoms with Crippen molar-refractivity contribution < 1.29 is 13.2 Å². The van der Waals surface area contributed by atoms with Crippen LogP contribution < -0.4 is 0 Å². The van der Waals surface area contributed by atoms with Crippen LogP contribution in [0.1, 0.15) is 13.3 Å². The van der Waals surface area contributed by atoms with E-state index in [0.717, 1.165) is 0 Å². The average molecular weight is 456 g/mol. The summed E-state index contributed by atoms with van der Waals surface area (Å²) in [6.45, 7) is 2.94. The van der Waals surface area contributed by atoms with Crippen LogP contribution in [0.4, 0.5) is 0 Å². The number of carbonyl (C=O) groups excluding carboxylic acids is 1. The van der Waals surface area contributed by atoms with Gasteiger partial charge >= 0.3 is 0 Å². The first-order chi connectivity index (χ1) is 11.1. The van der Waals surface area contributed by atoms with Gasteiger partial charge in [0.15, 0.2) is 0 Å². The Labute approximate surface area is 160 Å². The van der Waals surface area contributed by atoms with Gasteiger partial charge in [0.1, 0.15) is 4.33 Å². The van der Waals surface area contributed by atoms with Gasteiger partial charge in [-0.05, 0) is 31.5 Å². The topological polar surface area (TPSA) is 57.7 Å². The van der Waals surface area contributed by atoms with Gasteiger partial charge in [-0.2, -0.15) is 4.31 Å². The Balaban J connectivity index is 1.68. The molecule has 1 saturated carbocycles. The SMILES string of the molecule is CC1(C(=O)N2CCN(S(=O)(=O)c3cccc(Br)c3)CC2)CC1(Cl)Cl. The lowest BCUT2D eigenvalue weighted by atomic mass is 10.1. The number of hydrogen-bond donors (Lipinski definition) is 0. The second-order valence-electron chi connectivity index (χ2n) is 6.37. The number of nitrogens with zero attached hydrogens (tertiary/aromatic N) is 2. The molecule has 0 aromatic heterocycles. The van der Waals surface area contributed by atoms with Gasteiger partial charge in [-0.25, -0.2) is 8.42 Å². The molecular weight excluding hydrogens is 439 g/mol. The summed E-state index contributed by atoms with van der Waals surface area (Å²) in [5.41, 5.74) is -0.762. The van der Waals surface area contributed by atoms with Crippen molar-refractivity contribution in [1.29, 1.82) is 0 Å². The molecule has 1 heterocycles. The Morgan fingerprint density at radius 3 is 2.29 bits per heavy atom. The fraction of sp³-hybridized carbons (Fsp3) is 0.533. The highest BCUT2D eigenvalue weighted by Gasteiger charge is 2.68. The number of amides is 1. The van der Waals surface area contributed by atoms with E-state index in [2.05, 4.69) is 15.9 Å². The van der Waals surface area contributed by atoms with E-state index < -0.39 is 19.8 Å². The molecule has 1 unspecified atom stereocenters. The molecule has 2 fully saturated rings. The fourth-order valence-corrected chi connectivity index (χ4v) is 5.60. The monoisotopic (exact) mass is 454 g/mol. The van der Waals surface area contributed by atoms with Gasteiger partial charge in [0.2, 0.25) is 15.9 Å². The molecule has 1 amide bonds. The number of hydrogen-bond acceptors (Lipinski definition) is 3. The third-order valence-electron chi connectivity index (χ3n) is 4.69. The van der Waals surface area contributed by atoms with Crippen molar-refractivity contribution in [2.45, 2.75) is 22.6 Å². The Kier molecular flexibility index (Phi) is 4.71. The molecule has 3 rings (SSSR count). The van der Waals surface area contributed by atoms with Crippen LogP contribution in [0.5, 0.6) is 0 Å². The van der Waals surface area contributed by atoms with Gasteiger partial charge in [-0.15, -0.1) is 23.2 Å². The van der Waals surface area contributed by atoms with Crippen LogP contribution in [0.2, 0.25) is 0 Å². The molecule has 1 atom stereocenters. The minimum Gasteiger partial charge on any atom is -0.339 e. The standard InChI is InChI=1S/C15H17BrCl2N2O3S/c1-14(10-15(14,17)18)13(21)19-5-7-20(8-6-19)24(22,23)12-4-2-3-11(16)9-12/h2-4,9H,5-8,10H2,1H3. The van der Waals surface area contributed by atoms with Crippen molar-refractivity contribution in [1.82, 2.24) is 9.21 Å². The van der Waals surface area contributed by atoms with E-state index >= 15 is 0 Å². The van der Waals surface area contributed by atoms with Gasteiger partial charge in [0, 0.05) is 30.7 Å². The first-order valence-corrected chi connectivity index (χ1v) is 10.5. The normalized spacial score (nSPS) is 27.1. The number of piperazine rings is 1. The molecule has 2 aliphatic rings. The molecule has 0 N–H and O–H groups in total. The maximum Gasteiger partial charge on any atom is 0.243 e. The molecule has 5 nitrogen and oxygen atoms in total. The first-order valence-electron chi connectivity index (χ1n) is 7.51. The number of sulfonamides is 1. The smallest absolute Gasteiger partial charge is 0.243 e. The largest absolute Gasteiger partial charge is 0.339 e. The van der Waals surface area contributed by atoms with Gasteiger partial charge in [0.25, 0.3) is 0 Å². The zero-order valence-corrected chi connectivity index (χ0v) is 16.9. The molecule has 24 heavy (non-hydrogen) atoms. The Morgan fingerprint density at radius 1 is 1.21 bits per heavy atom. The summed E-state index contributed by atoms with van der Waals surface area (Å²) in [4.78, 5) is 14.4. The van der Waals surface area contributed by atoms with E-state index in [1.54, 1.807) is 36.1 Å². The van der Waals surface area contributed by atoms with Gasteiger partial charge in [-0.1, -0.05) is 22.0 Å². The molecular formula is C15H17BrCl2N2O3S. The zero-order valence-electron chi connectivity index (χ0n) is 13.0. The number of alkyl halides is 2. The number of rotatable bonds is 3. The molecule has 0 radical (unpaired) electrons. The number of halogens is 3. The molecule has 1 saturated heterocycles. The van der Waals surface area contributed by atoms with Crippen molar-refractivity contribution in [3.8, 4) is 0 Å². The van der Waals surface area contributed by atoms with E-state index in [9.17, 15) is 13.2 Å². The summed E-state index contributed by atoms with van der Waals surface area (Å²) in [5, 5.41) is 0. The van der Waals surface area contributed by atoms with Gasteiger partial charge in [0.05, 0.1) is 10.3 Å². The Bertz CT molecular complexity index is 779. The summed E-state index contributed by atoms with van der Waals surface area (Å²) < 4.78 is 26.5. The van der Waals surface area contributed by atoms with Crippen LogP contribution in [0, 0.1) is 5.41 Å². The van der Waals surface area contributed by atoms with Gasteiger partial charge in [-0.3, -0.25) is 4.79 Å². The molecule has 0 bridgehead atoms. The summed E-state index contributed by atoms with van der Waals surface area (Å²) in [7, 11) is -3.56. The molecule has 1 aliphatic heterocycles. The molecule has 9 heteroatoms. The highest BCUT2D eigenvalue weighted by atomic mass is 79.9. The highest BCUT2D eigenvalue weighted by molar-refractivity contribution is 9.10. The van der Waals surface area contributed by atoms with Crippen molar-refractivity contribution in [2.24, 2.45) is 5.41 Å². The van der Waals surface area contributed by atoms with E-state index in [1.165, 1.54) is 4.31 Å². The highest BCUT2D eigenvalue weighted by Crippen LogP contribution is 2.64. The van der Waals surface area contributed by atoms with Crippen LogP contribution in [-0.4, -0.2) is 54.0 Å². The third kappa shape index (κ3) is 3.09. The second kappa shape index (κ2) is 6.13. The molecule has 0 spiro atoms. The fourth-order valence-electron chi connectivity index (χ4n) is 2.89. The molecule has 132 valence electrons. The second-order valence-corrected chi connectivity index (χ2v) is 10.7. The number of benzene rings is 1. The minimum absolute atomic E-state index is 0.105. The van der Waals surface area contributed by atoms with E-state index in [-0.39, 0.29) is 23.9 Å². The van der Waals surface area contributed by atoms with Crippen molar-refractivity contribution >= 4 is 55.1 Å². The van der Waals surface area contributed by atoms with E-state index in [4.69, 9.17) is 23.2 Å². The summed E-state index contributed by atoms with van der Waals surface area (Å²) in [5.74, 6) is -0.105. The minimum atomic E-state index is -3.56. The average Bonchev–Trinajstić information content (AvgIpc) is 3.06. The lowest BCUT2D eigenvalue weighted by Gasteiger charge is -2.35. The van der Waals surface area contributed by atoms with Crippen LogP contribution in [0.25, 0.3) is 0 Å². The summed E-state index contributed by atoms with van der Waals surface area (Å²) in [6.07, 6.45) is 0.429. The van der Waals surface area contributed by atoms with Crippen LogP contribution in [-0.2, 0) is 14.8 Å². The number of carbonyl (C=O) groups is 1. The third-order valence-corrected chi connectivity index (χ3v) is 8.18. The zero-order chi connectivity index (χ0) is 17.8. The summed E-state index contributed by atoms with van der Waals surface area (Å²) in [6, 6.07) is 6.60. The quantitative estimate of drug-likeness (QED) is 0.658. The molecule has 1 aliphatic carbocycles. The maximum atomic E-state index is 12.7. The predicted molar refractivity (Wildman–Crippen MR) is 96.6 cm³/mol. The lowest BCUT2D eigenvalue weighted by Crippen LogP contribution is -2.52. The predicted octanol–water partition coefficient (Wildman–Crippen LogP) is 2.87. The van der Waals surface area contributed by atoms with E-state index in [1.807, 2.05) is 0 Å². The molecule has 1 aromatic rings.